The van der Waals surface area contributed by atoms with Gasteiger partial charge in [-0.1, -0.05) is 26.0 Å². The number of benzene rings is 2. The van der Waals surface area contributed by atoms with Gasteiger partial charge in [0.2, 0.25) is 0 Å². The van der Waals surface area contributed by atoms with E-state index in [1.54, 1.807) is 0 Å². The normalized spacial score (nSPS) is 14.3. The predicted octanol–water partition coefficient (Wildman–Crippen LogP) is 4.54. The van der Waals surface area contributed by atoms with Gasteiger partial charge < -0.3 is 19.5 Å². The third-order valence-electron chi connectivity index (χ3n) is 4.88. The molecule has 0 saturated heterocycles. The van der Waals surface area contributed by atoms with E-state index in [-0.39, 0.29) is 18.6 Å². The molecule has 0 fully saturated rings. The fourth-order valence-corrected chi connectivity index (χ4v) is 3.35. The van der Waals surface area contributed by atoms with Gasteiger partial charge in [-0.2, -0.15) is 0 Å². The van der Waals surface area contributed by atoms with Crippen LogP contribution in [0.1, 0.15) is 55.8 Å². The molecule has 28 heavy (non-hydrogen) atoms. The molecule has 1 unspecified atom stereocenters. The first-order valence-electron chi connectivity index (χ1n) is 9.86. The fraction of sp³-hybridized carbons (Fsp3) is 0.435. The smallest absolute Gasteiger partial charge is 0.258 e. The molecule has 0 spiro atoms. The van der Waals surface area contributed by atoms with Crippen molar-refractivity contribution in [2.24, 2.45) is 0 Å². The van der Waals surface area contributed by atoms with Gasteiger partial charge in [0.1, 0.15) is 5.75 Å². The predicted molar refractivity (Wildman–Crippen MR) is 109 cm³/mol. The van der Waals surface area contributed by atoms with Crippen LogP contribution in [0, 0.1) is 6.92 Å². The van der Waals surface area contributed by atoms with Crippen molar-refractivity contribution in [3.05, 3.63) is 53.1 Å². The topological polar surface area (TPSA) is 56.8 Å². The first-order chi connectivity index (χ1) is 13.4. The van der Waals surface area contributed by atoms with Crippen LogP contribution in [0.15, 0.2) is 36.4 Å². The van der Waals surface area contributed by atoms with Gasteiger partial charge in [0, 0.05) is 6.42 Å². The Bertz CT molecular complexity index is 831. The largest absolute Gasteiger partial charge is 0.490 e. The minimum atomic E-state index is -0.162. The molecule has 0 saturated carbocycles. The van der Waals surface area contributed by atoms with E-state index < -0.39 is 0 Å². The van der Waals surface area contributed by atoms with Crippen LogP contribution >= 0.6 is 0 Å². The highest BCUT2D eigenvalue weighted by Gasteiger charge is 2.15. The van der Waals surface area contributed by atoms with Gasteiger partial charge in [0.15, 0.2) is 18.1 Å². The number of carbonyl (C=O) groups is 1. The molecule has 5 heteroatoms. The van der Waals surface area contributed by atoms with Crippen LogP contribution in [0.2, 0.25) is 0 Å². The lowest BCUT2D eigenvalue weighted by atomic mass is 9.98. The second kappa shape index (κ2) is 9.00. The lowest BCUT2D eigenvalue weighted by Crippen LogP contribution is -2.31. The molecule has 0 bridgehead atoms. The molecule has 3 rings (SSSR count). The summed E-state index contributed by atoms with van der Waals surface area (Å²) in [5.41, 5.74) is 3.43. The van der Waals surface area contributed by atoms with Crippen LogP contribution in [0.4, 0.5) is 0 Å². The summed E-state index contributed by atoms with van der Waals surface area (Å²) < 4.78 is 17.0. The van der Waals surface area contributed by atoms with Crippen LogP contribution in [-0.4, -0.2) is 25.7 Å². The van der Waals surface area contributed by atoms with E-state index in [2.05, 4.69) is 32.2 Å². The summed E-state index contributed by atoms with van der Waals surface area (Å²) in [5, 5.41) is 2.97. The molecule has 1 atom stereocenters. The lowest BCUT2D eigenvalue weighted by Gasteiger charge is -2.17. The van der Waals surface area contributed by atoms with Crippen molar-refractivity contribution >= 4 is 5.91 Å². The Hall–Kier alpha value is -2.69. The van der Waals surface area contributed by atoms with Crippen molar-refractivity contribution in [3.8, 4) is 17.2 Å². The number of rotatable bonds is 6. The lowest BCUT2D eigenvalue weighted by molar-refractivity contribution is -0.123. The van der Waals surface area contributed by atoms with Crippen molar-refractivity contribution in [3.63, 3.8) is 0 Å². The van der Waals surface area contributed by atoms with Crippen LogP contribution < -0.4 is 19.5 Å². The van der Waals surface area contributed by atoms with E-state index in [0.29, 0.717) is 24.9 Å². The van der Waals surface area contributed by atoms with Crippen molar-refractivity contribution < 1.29 is 19.0 Å². The van der Waals surface area contributed by atoms with E-state index >= 15 is 0 Å². The second-order valence-corrected chi connectivity index (χ2v) is 7.51. The minimum absolute atomic E-state index is 0.0185. The van der Waals surface area contributed by atoms with E-state index in [1.165, 1.54) is 11.1 Å². The number of hydrogen-bond donors (Lipinski definition) is 1. The number of hydrogen-bond acceptors (Lipinski definition) is 4. The Kier molecular flexibility index (Phi) is 6.45. The molecule has 2 aromatic carbocycles. The summed E-state index contributed by atoms with van der Waals surface area (Å²) >= 11 is 0. The maximum atomic E-state index is 12.3. The summed E-state index contributed by atoms with van der Waals surface area (Å²) in [5.74, 6) is 2.50. The third-order valence-corrected chi connectivity index (χ3v) is 4.88. The van der Waals surface area contributed by atoms with Crippen LogP contribution in [0.3, 0.4) is 0 Å². The molecule has 0 radical (unpaired) electrons. The molecule has 0 aromatic heterocycles. The van der Waals surface area contributed by atoms with Crippen LogP contribution in [0.5, 0.6) is 17.2 Å². The van der Waals surface area contributed by atoms with Crippen molar-refractivity contribution in [2.75, 3.05) is 19.8 Å². The van der Waals surface area contributed by atoms with E-state index in [0.717, 1.165) is 23.5 Å². The molecule has 0 aliphatic carbocycles. The number of carbonyl (C=O) groups excluding carboxylic acids is 1. The molecule has 1 aliphatic heterocycles. The molecule has 2 aromatic rings. The highest BCUT2D eigenvalue weighted by atomic mass is 16.5. The first kappa shape index (κ1) is 20.1. The van der Waals surface area contributed by atoms with Crippen LogP contribution in [-0.2, 0) is 4.79 Å². The zero-order chi connectivity index (χ0) is 20.1. The van der Waals surface area contributed by atoms with E-state index in [9.17, 15) is 4.79 Å². The Morgan fingerprint density at radius 3 is 2.54 bits per heavy atom. The molecule has 1 N–H and O–H groups in total. The molecular weight excluding hydrogens is 354 g/mol. The molecule has 1 heterocycles. The maximum Gasteiger partial charge on any atom is 0.258 e. The zero-order valence-corrected chi connectivity index (χ0v) is 17.1. The average molecular weight is 383 g/mol. The summed E-state index contributed by atoms with van der Waals surface area (Å²) in [6.45, 7) is 9.62. The maximum absolute atomic E-state index is 12.3. The zero-order valence-electron chi connectivity index (χ0n) is 17.1. The van der Waals surface area contributed by atoms with Crippen LogP contribution in [0.25, 0.3) is 0 Å². The minimum Gasteiger partial charge on any atom is -0.490 e. The third kappa shape index (κ3) is 4.97. The Balaban J connectivity index is 1.56. The Labute approximate surface area is 167 Å². The quantitative estimate of drug-likeness (QED) is 0.796. The molecule has 150 valence electrons. The number of amides is 1. The highest BCUT2D eigenvalue weighted by molar-refractivity contribution is 5.78. The summed E-state index contributed by atoms with van der Waals surface area (Å²) in [7, 11) is 0. The summed E-state index contributed by atoms with van der Waals surface area (Å²) in [4.78, 5) is 12.3. The first-order valence-corrected chi connectivity index (χ1v) is 9.86. The number of fused-ring (bicyclic) bond motifs is 1. The molecular formula is C23H29NO4. The number of aryl methyl sites for hydroxylation is 1. The fourth-order valence-electron chi connectivity index (χ4n) is 3.35. The molecule has 1 aliphatic rings. The number of ether oxygens (including phenoxy) is 3. The monoisotopic (exact) mass is 383 g/mol. The molecule has 1 amide bonds. The van der Waals surface area contributed by atoms with E-state index in [4.69, 9.17) is 14.2 Å². The van der Waals surface area contributed by atoms with Gasteiger partial charge >= 0.3 is 0 Å². The van der Waals surface area contributed by atoms with Gasteiger partial charge in [0.05, 0.1) is 19.3 Å². The number of nitrogens with one attached hydrogen (secondary N) is 1. The molecule has 5 nitrogen and oxygen atoms in total. The average Bonchev–Trinajstić information content (AvgIpc) is 2.90. The van der Waals surface area contributed by atoms with Gasteiger partial charge in [-0.3, -0.25) is 4.79 Å². The van der Waals surface area contributed by atoms with Gasteiger partial charge in [0.25, 0.3) is 5.91 Å². The second-order valence-electron chi connectivity index (χ2n) is 7.51. The van der Waals surface area contributed by atoms with Crippen molar-refractivity contribution in [1.82, 2.24) is 5.32 Å². The SMILES string of the molecule is Cc1cc(OCC(=O)NC(C)c2ccc3c(c2)OCCCO3)ccc1C(C)C. The Morgan fingerprint density at radius 2 is 1.82 bits per heavy atom. The Morgan fingerprint density at radius 1 is 1.07 bits per heavy atom. The van der Waals surface area contributed by atoms with Gasteiger partial charge in [-0.25, -0.2) is 0 Å². The van der Waals surface area contributed by atoms with Crippen molar-refractivity contribution in [1.29, 1.82) is 0 Å². The standard InChI is InChI=1S/C23H29NO4/c1-15(2)20-8-7-19(12-16(20)3)28-14-23(25)24-17(4)18-6-9-21-22(13-18)27-11-5-10-26-21/h6-9,12-13,15,17H,5,10-11,14H2,1-4H3,(H,24,25). The summed E-state index contributed by atoms with van der Waals surface area (Å²) in [6.07, 6.45) is 0.866. The summed E-state index contributed by atoms with van der Waals surface area (Å²) in [6, 6.07) is 11.6. The van der Waals surface area contributed by atoms with Gasteiger partial charge in [-0.05, 0) is 60.7 Å². The highest BCUT2D eigenvalue weighted by Crippen LogP contribution is 2.32. The van der Waals surface area contributed by atoms with Gasteiger partial charge in [-0.15, -0.1) is 0 Å². The van der Waals surface area contributed by atoms with Crippen molar-refractivity contribution in [2.45, 2.75) is 46.1 Å². The van der Waals surface area contributed by atoms with E-state index in [1.807, 2.05) is 37.3 Å².